The maximum absolute atomic E-state index is 3.46. The van der Waals surface area contributed by atoms with Gasteiger partial charge in [-0.15, -0.1) is 0 Å². The van der Waals surface area contributed by atoms with E-state index >= 15 is 0 Å². The molecule has 14 heavy (non-hydrogen) atoms. The summed E-state index contributed by atoms with van der Waals surface area (Å²) in [6.45, 7) is 1.17. The molecule has 1 aromatic carbocycles. The van der Waals surface area contributed by atoms with Gasteiger partial charge in [0.25, 0.3) is 0 Å². The summed E-state index contributed by atoms with van der Waals surface area (Å²) < 4.78 is 1.17. The van der Waals surface area contributed by atoms with E-state index in [0.29, 0.717) is 0 Å². The highest BCUT2D eigenvalue weighted by Crippen LogP contribution is 2.41. The molecule has 2 rings (SSSR count). The quantitative estimate of drug-likeness (QED) is 0.873. The summed E-state index contributed by atoms with van der Waals surface area (Å²) in [5.74, 6) is 1.70. The van der Waals surface area contributed by atoms with E-state index < -0.39 is 0 Å². The minimum atomic E-state index is 0.807. The third kappa shape index (κ3) is 2.18. The second-order valence-corrected chi connectivity index (χ2v) is 5.06. The predicted octanol–water partition coefficient (Wildman–Crippen LogP) is 3.16. The molecule has 1 nitrogen and oxygen atoms in total. The van der Waals surface area contributed by atoms with Crippen molar-refractivity contribution in [3.05, 3.63) is 34.3 Å². The predicted molar refractivity (Wildman–Crippen MR) is 63.5 cm³/mol. The number of halogens is 1. The van der Waals surface area contributed by atoms with Gasteiger partial charge >= 0.3 is 0 Å². The third-order valence-electron chi connectivity index (χ3n) is 3.07. The molecule has 76 valence electrons. The molecule has 0 saturated heterocycles. The fourth-order valence-corrected chi connectivity index (χ4v) is 2.46. The average Bonchev–Trinajstić information content (AvgIpc) is 2.13. The molecule has 0 aromatic heterocycles. The van der Waals surface area contributed by atoms with Crippen LogP contribution in [0.1, 0.15) is 24.3 Å². The summed E-state index contributed by atoms with van der Waals surface area (Å²) in [4.78, 5) is 0. The monoisotopic (exact) mass is 253 g/mol. The molecule has 0 unspecified atom stereocenters. The van der Waals surface area contributed by atoms with E-state index in [1.807, 2.05) is 7.05 Å². The van der Waals surface area contributed by atoms with Gasteiger partial charge in [-0.2, -0.15) is 0 Å². The Morgan fingerprint density at radius 3 is 2.50 bits per heavy atom. The van der Waals surface area contributed by atoms with E-state index in [1.54, 1.807) is 0 Å². The molecule has 0 bridgehead atoms. The standard InChI is InChI=1S/C12H16BrN/c1-14-8-9-6-11(7-9)10-2-4-12(13)5-3-10/h2-5,9,11,14H,6-8H2,1H3. The van der Waals surface area contributed by atoms with Gasteiger partial charge in [-0.1, -0.05) is 28.1 Å². The van der Waals surface area contributed by atoms with Crippen LogP contribution in [0.3, 0.4) is 0 Å². The Labute approximate surface area is 94.0 Å². The largest absolute Gasteiger partial charge is 0.319 e. The van der Waals surface area contributed by atoms with Gasteiger partial charge in [-0.25, -0.2) is 0 Å². The maximum Gasteiger partial charge on any atom is 0.0175 e. The van der Waals surface area contributed by atoms with E-state index in [0.717, 1.165) is 11.8 Å². The Balaban J connectivity index is 1.90. The van der Waals surface area contributed by atoms with Gasteiger partial charge in [0, 0.05) is 4.47 Å². The molecule has 0 atom stereocenters. The van der Waals surface area contributed by atoms with Gasteiger partial charge in [-0.05, 0) is 56.0 Å². The van der Waals surface area contributed by atoms with Crippen molar-refractivity contribution in [1.82, 2.24) is 5.32 Å². The van der Waals surface area contributed by atoms with Gasteiger partial charge in [-0.3, -0.25) is 0 Å². The molecule has 2 heteroatoms. The zero-order chi connectivity index (χ0) is 9.97. The van der Waals surface area contributed by atoms with Crippen molar-refractivity contribution in [2.45, 2.75) is 18.8 Å². The molecule has 1 N–H and O–H groups in total. The van der Waals surface area contributed by atoms with Crippen molar-refractivity contribution < 1.29 is 0 Å². The highest BCUT2D eigenvalue weighted by molar-refractivity contribution is 9.10. The second-order valence-electron chi connectivity index (χ2n) is 4.14. The average molecular weight is 254 g/mol. The van der Waals surface area contributed by atoms with Crippen LogP contribution in [-0.2, 0) is 0 Å². The highest BCUT2D eigenvalue weighted by Gasteiger charge is 2.29. The topological polar surface area (TPSA) is 12.0 Å². The van der Waals surface area contributed by atoms with Gasteiger partial charge < -0.3 is 5.32 Å². The lowest BCUT2D eigenvalue weighted by Crippen LogP contribution is -2.30. The summed E-state index contributed by atoms with van der Waals surface area (Å²) in [5.41, 5.74) is 1.50. The molecular weight excluding hydrogens is 238 g/mol. The SMILES string of the molecule is CNCC1CC(c2ccc(Br)cc2)C1. The number of nitrogens with one attached hydrogen (secondary N) is 1. The zero-order valence-corrected chi connectivity index (χ0v) is 10.0. The molecule has 1 aromatic rings. The Morgan fingerprint density at radius 1 is 1.29 bits per heavy atom. The molecule has 1 saturated carbocycles. The van der Waals surface area contributed by atoms with Crippen molar-refractivity contribution in [2.75, 3.05) is 13.6 Å². The van der Waals surface area contributed by atoms with Gasteiger partial charge in [0.1, 0.15) is 0 Å². The Hall–Kier alpha value is -0.340. The summed E-state index contributed by atoms with van der Waals surface area (Å²) in [6.07, 6.45) is 2.70. The van der Waals surface area contributed by atoms with Crippen LogP contribution in [0.2, 0.25) is 0 Å². The maximum atomic E-state index is 3.46. The van der Waals surface area contributed by atoms with Crippen molar-refractivity contribution >= 4 is 15.9 Å². The first kappa shape index (κ1) is 10.2. The van der Waals surface area contributed by atoms with Gasteiger partial charge in [0.2, 0.25) is 0 Å². The van der Waals surface area contributed by atoms with E-state index in [-0.39, 0.29) is 0 Å². The summed E-state index contributed by atoms with van der Waals surface area (Å²) >= 11 is 3.46. The van der Waals surface area contributed by atoms with E-state index in [9.17, 15) is 0 Å². The molecule has 1 aliphatic rings. The normalized spacial score (nSPS) is 25.9. The molecule has 0 heterocycles. The fraction of sp³-hybridized carbons (Fsp3) is 0.500. The van der Waals surface area contributed by atoms with Crippen LogP contribution in [-0.4, -0.2) is 13.6 Å². The van der Waals surface area contributed by atoms with Crippen LogP contribution < -0.4 is 5.32 Å². The number of rotatable bonds is 3. The highest BCUT2D eigenvalue weighted by atomic mass is 79.9. The van der Waals surface area contributed by atoms with Crippen LogP contribution in [0.4, 0.5) is 0 Å². The van der Waals surface area contributed by atoms with Crippen molar-refractivity contribution in [3.63, 3.8) is 0 Å². The molecule has 0 radical (unpaired) electrons. The lowest BCUT2D eigenvalue weighted by atomic mass is 9.71. The van der Waals surface area contributed by atoms with Crippen LogP contribution in [0.15, 0.2) is 28.7 Å². The van der Waals surface area contributed by atoms with E-state index in [1.165, 1.54) is 29.4 Å². The number of hydrogen-bond donors (Lipinski definition) is 1. The number of hydrogen-bond acceptors (Lipinski definition) is 1. The molecule has 1 aliphatic carbocycles. The Kier molecular flexibility index (Phi) is 3.24. The van der Waals surface area contributed by atoms with Gasteiger partial charge in [0.15, 0.2) is 0 Å². The van der Waals surface area contributed by atoms with Crippen LogP contribution in [0.5, 0.6) is 0 Å². The second kappa shape index (κ2) is 4.45. The van der Waals surface area contributed by atoms with E-state index in [4.69, 9.17) is 0 Å². The third-order valence-corrected chi connectivity index (χ3v) is 3.60. The fourth-order valence-electron chi connectivity index (χ4n) is 2.20. The van der Waals surface area contributed by atoms with Crippen LogP contribution >= 0.6 is 15.9 Å². The minimum absolute atomic E-state index is 0.807. The Morgan fingerprint density at radius 2 is 1.93 bits per heavy atom. The zero-order valence-electron chi connectivity index (χ0n) is 8.46. The van der Waals surface area contributed by atoms with Crippen molar-refractivity contribution in [2.24, 2.45) is 5.92 Å². The molecule has 1 fully saturated rings. The van der Waals surface area contributed by atoms with Crippen LogP contribution in [0, 0.1) is 5.92 Å². The number of benzene rings is 1. The summed E-state index contributed by atoms with van der Waals surface area (Å²) in [6, 6.07) is 8.76. The summed E-state index contributed by atoms with van der Waals surface area (Å²) in [5, 5.41) is 3.24. The van der Waals surface area contributed by atoms with Crippen LogP contribution in [0.25, 0.3) is 0 Å². The minimum Gasteiger partial charge on any atom is -0.319 e. The molecule has 0 aliphatic heterocycles. The first-order chi connectivity index (χ1) is 6.79. The van der Waals surface area contributed by atoms with Crippen molar-refractivity contribution in [1.29, 1.82) is 0 Å². The smallest absolute Gasteiger partial charge is 0.0175 e. The molecular formula is C12H16BrN. The lowest BCUT2D eigenvalue weighted by molar-refractivity contribution is 0.259. The first-order valence-corrected chi connectivity index (χ1v) is 5.99. The lowest BCUT2D eigenvalue weighted by Gasteiger charge is -2.35. The molecule has 0 spiro atoms. The van der Waals surface area contributed by atoms with Gasteiger partial charge in [0.05, 0.1) is 0 Å². The van der Waals surface area contributed by atoms with Crippen molar-refractivity contribution in [3.8, 4) is 0 Å². The first-order valence-electron chi connectivity index (χ1n) is 5.19. The Bertz CT molecular complexity index is 288. The molecule has 0 amide bonds. The summed E-state index contributed by atoms with van der Waals surface area (Å²) in [7, 11) is 2.03. The van der Waals surface area contributed by atoms with E-state index in [2.05, 4.69) is 45.5 Å².